The summed E-state index contributed by atoms with van der Waals surface area (Å²) in [6.45, 7) is 4.21. The van der Waals surface area contributed by atoms with Crippen molar-refractivity contribution in [2.24, 2.45) is 0 Å². The molecule has 0 bridgehead atoms. The number of carbonyl (C=O) groups is 1. The fourth-order valence-electron chi connectivity index (χ4n) is 1.74. The van der Waals surface area contributed by atoms with Gasteiger partial charge >= 0.3 is 0 Å². The molecule has 0 N–H and O–H groups in total. The van der Waals surface area contributed by atoms with Gasteiger partial charge in [0, 0.05) is 26.1 Å². The van der Waals surface area contributed by atoms with Crippen LogP contribution >= 0.6 is 0 Å². The van der Waals surface area contributed by atoms with Crippen molar-refractivity contribution in [1.82, 2.24) is 4.90 Å². The zero-order chi connectivity index (χ0) is 11.9. The maximum absolute atomic E-state index is 11.6. The van der Waals surface area contributed by atoms with Gasteiger partial charge in [0.25, 0.3) is 0 Å². The molecule has 0 atom stereocenters. The molecule has 0 saturated carbocycles. The topological polar surface area (TPSA) is 42.7 Å². The fourth-order valence-corrected chi connectivity index (χ4v) is 1.74. The lowest BCUT2D eigenvalue weighted by atomic mass is 10.2. The highest BCUT2D eigenvalue weighted by molar-refractivity contribution is 5.93. The molecule has 4 heteroatoms. The van der Waals surface area contributed by atoms with Crippen molar-refractivity contribution in [3.05, 3.63) is 30.2 Å². The number of hydrogen-bond acceptors (Lipinski definition) is 4. The molecule has 17 heavy (non-hydrogen) atoms. The highest BCUT2D eigenvalue weighted by atomic mass is 16.5. The van der Waals surface area contributed by atoms with Crippen LogP contribution in [0, 0.1) is 0 Å². The normalized spacial score (nSPS) is 17.6. The van der Waals surface area contributed by atoms with E-state index in [9.17, 15) is 4.79 Å². The molecule has 0 radical (unpaired) electrons. The standard InChI is InChI=1S/C13H17NO3/c15-12(3-4-13-2-1-9-17-13)5-6-14-7-10-16-11-8-14/h1-4,9H,5-8,10-11H2. The minimum Gasteiger partial charge on any atom is -0.465 e. The first-order valence-corrected chi connectivity index (χ1v) is 5.89. The van der Waals surface area contributed by atoms with Gasteiger partial charge in [-0.2, -0.15) is 0 Å². The fraction of sp³-hybridized carbons (Fsp3) is 0.462. The van der Waals surface area contributed by atoms with Crippen molar-refractivity contribution in [2.45, 2.75) is 6.42 Å². The molecule has 1 saturated heterocycles. The Balaban J connectivity index is 1.70. The summed E-state index contributed by atoms with van der Waals surface area (Å²) in [5.41, 5.74) is 0. The summed E-state index contributed by atoms with van der Waals surface area (Å²) in [5.74, 6) is 0.845. The van der Waals surface area contributed by atoms with Gasteiger partial charge in [0.05, 0.1) is 19.5 Å². The Labute approximate surface area is 101 Å². The van der Waals surface area contributed by atoms with Crippen LogP contribution in [0.2, 0.25) is 0 Å². The van der Waals surface area contributed by atoms with E-state index < -0.39 is 0 Å². The largest absolute Gasteiger partial charge is 0.465 e. The van der Waals surface area contributed by atoms with Crippen molar-refractivity contribution >= 4 is 11.9 Å². The number of rotatable bonds is 5. The Morgan fingerprint density at radius 3 is 2.94 bits per heavy atom. The molecular formula is C13H17NO3. The van der Waals surface area contributed by atoms with Crippen LogP contribution in [-0.4, -0.2) is 43.5 Å². The van der Waals surface area contributed by atoms with E-state index in [1.54, 1.807) is 24.5 Å². The molecule has 2 rings (SSSR count). The number of nitrogens with zero attached hydrogens (tertiary/aromatic N) is 1. The summed E-state index contributed by atoms with van der Waals surface area (Å²) in [4.78, 5) is 13.8. The van der Waals surface area contributed by atoms with E-state index in [0.717, 1.165) is 32.8 Å². The second-order valence-electron chi connectivity index (χ2n) is 4.02. The number of ketones is 1. The molecule has 0 unspecified atom stereocenters. The van der Waals surface area contributed by atoms with Gasteiger partial charge in [-0.3, -0.25) is 9.69 Å². The van der Waals surface area contributed by atoms with Crippen molar-refractivity contribution in [3.63, 3.8) is 0 Å². The van der Waals surface area contributed by atoms with Crippen molar-refractivity contribution in [2.75, 3.05) is 32.8 Å². The smallest absolute Gasteiger partial charge is 0.157 e. The Morgan fingerprint density at radius 2 is 2.24 bits per heavy atom. The third kappa shape index (κ3) is 4.17. The molecule has 0 aromatic carbocycles. The molecule has 92 valence electrons. The molecule has 1 aliphatic heterocycles. The van der Waals surface area contributed by atoms with Gasteiger partial charge in [-0.15, -0.1) is 0 Å². The maximum Gasteiger partial charge on any atom is 0.157 e. The van der Waals surface area contributed by atoms with Crippen LogP contribution in [0.3, 0.4) is 0 Å². The van der Waals surface area contributed by atoms with E-state index in [0.29, 0.717) is 12.2 Å². The van der Waals surface area contributed by atoms with Gasteiger partial charge in [0.1, 0.15) is 5.76 Å². The highest BCUT2D eigenvalue weighted by Crippen LogP contribution is 2.04. The molecule has 0 amide bonds. The average Bonchev–Trinajstić information content (AvgIpc) is 2.88. The Hall–Kier alpha value is -1.39. The van der Waals surface area contributed by atoms with E-state index in [2.05, 4.69) is 4.90 Å². The zero-order valence-corrected chi connectivity index (χ0v) is 9.80. The third-order valence-corrected chi connectivity index (χ3v) is 2.75. The lowest BCUT2D eigenvalue weighted by molar-refractivity contribution is -0.115. The van der Waals surface area contributed by atoms with Gasteiger partial charge in [0.15, 0.2) is 5.78 Å². The molecule has 1 aromatic rings. The Kier molecular flexibility index (Phi) is 4.53. The first kappa shape index (κ1) is 12.1. The van der Waals surface area contributed by atoms with Gasteiger partial charge in [-0.1, -0.05) is 0 Å². The predicted octanol–water partition coefficient (Wildman–Crippen LogP) is 1.58. The van der Waals surface area contributed by atoms with Gasteiger partial charge < -0.3 is 9.15 Å². The summed E-state index contributed by atoms with van der Waals surface area (Å²) in [6.07, 6.45) is 5.44. The Bertz CT molecular complexity index is 364. The molecular weight excluding hydrogens is 218 g/mol. The van der Waals surface area contributed by atoms with E-state index in [4.69, 9.17) is 9.15 Å². The number of carbonyl (C=O) groups excluding carboxylic acids is 1. The molecule has 1 fully saturated rings. The lowest BCUT2D eigenvalue weighted by Crippen LogP contribution is -2.37. The monoisotopic (exact) mass is 235 g/mol. The van der Waals surface area contributed by atoms with E-state index in [1.165, 1.54) is 0 Å². The van der Waals surface area contributed by atoms with Crippen LogP contribution in [0.1, 0.15) is 12.2 Å². The van der Waals surface area contributed by atoms with Gasteiger partial charge in [0.2, 0.25) is 0 Å². The number of morpholine rings is 1. The second-order valence-corrected chi connectivity index (χ2v) is 4.02. The third-order valence-electron chi connectivity index (χ3n) is 2.75. The Morgan fingerprint density at radius 1 is 1.41 bits per heavy atom. The minimum atomic E-state index is 0.132. The molecule has 0 spiro atoms. The molecule has 4 nitrogen and oxygen atoms in total. The summed E-state index contributed by atoms with van der Waals surface area (Å²) >= 11 is 0. The minimum absolute atomic E-state index is 0.132. The predicted molar refractivity (Wildman–Crippen MR) is 64.6 cm³/mol. The van der Waals surface area contributed by atoms with Crippen molar-refractivity contribution in [1.29, 1.82) is 0 Å². The van der Waals surface area contributed by atoms with Crippen LogP contribution in [0.25, 0.3) is 6.08 Å². The van der Waals surface area contributed by atoms with E-state index in [-0.39, 0.29) is 5.78 Å². The average molecular weight is 235 g/mol. The lowest BCUT2D eigenvalue weighted by Gasteiger charge is -2.25. The van der Waals surface area contributed by atoms with Crippen LogP contribution in [0.15, 0.2) is 28.9 Å². The summed E-state index contributed by atoms with van der Waals surface area (Å²) in [5, 5.41) is 0. The first-order valence-electron chi connectivity index (χ1n) is 5.89. The van der Waals surface area contributed by atoms with Crippen molar-refractivity contribution < 1.29 is 13.9 Å². The summed E-state index contributed by atoms with van der Waals surface area (Å²) in [7, 11) is 0. The van der Waals surface area contributed by atoms with Crippen LogP contribution in [0.5, 0.6) is 0 Å². The molecule has 2 heterocycles. The SMILES string of the molecule is O=C(C=Cc1ccco1)CCN1CCOCC1. The van der Waals surface area contributed by atoms with Gasteiger partial charge in [-0.25, -0.2) is 0 Å². The summed E-state index contributed by atoms with van der Waals surface area (Å²) < 4.78 is 10.4. The highest BCUT2D eigenvalue weighted by Gasteiger charge is 2.10. The maximum atomic E-state index is 11.6. The zero-order valence-electron chi connectivity index (χ0n) is 9.80. The van der Waals surface area contributed by atoms with E-state index in [1.807, 2.05) is 6.07 Å². The first-order chi connectivity index (χ1) is 8.34. The van der Waals surface area contributed by atoms with Crippen LogP contribution in [-0.2, 0) is 9.53 Å². The van der Waals surface area contributed by atoms with Crippen molar-refractivity contribution in [3.8, 4) is 0 Å². The summed E-state index contributed by atoms with van der Waals surface area (Å²) in [6, 6.07) is 3.63. The van der Waals surface area contributed by atoms with E-state index >= 15 is 0 Å². The quantitative estimate of drug-likeness (QED) is 0.727. The number of allylic oxidation sites excluding steroid dienone is 1. The van der Waals surface area contributed by atoms with Gasteiger partial charge in [-0.05, 0) is 24.3 Å². The van der Waals surface area contributed by atoms with Crippen LogP contribution < -0.4 is 0 Å². The molecule has 0 aliphatic carbocycles. The number of ether oxygens (including phenoxy) is 1. The molecule has 1 aromatic heterocycles. The number of hydrogen-bond donors (Lipinski definition) is 0. The second kappa shape index (κ2) is 6.37. The molecule has 1 aliphatic rings. The number of furan rings is 1. The van der Waals surface area contributed by atoms with Crippen LogP contribution in [0.4, 0.5) is 0 Å².